The standard InChI is InChI=1S/C15H28N2O4/c1-15(2,3)21-14(19)16(4)12-9-7-11(8-10-12)13(18)17(5)20-6/h11-12H,7-10H2,1-6H3. The van der Waals surface area contributed by atoms with Gasteiger partial charge in [0.05, 0.1) is 7.11 Å². The molecule has 0 bridgehead atoms. The number of amides is 2. The lowest BCUT2D eigenvalue weighted by atomic mass is 9.85. The number of hydroxylamine groups is 2. The molecular formula is C15H28N2O4. The first kappa shape index (κ1) is 17.8. The van der Waals surface area contributed by atoms with Gasteiger partial charge in [0.1, 0.15) is 5.60 Å². The number of hydrogen-bond acceptors (Lipinski definition) is 4. The molecule has 21 heavy (non-hydrogen) atoms. The molecule has 1 fully saturated rings. The minimum Gasteiger partial charge on any atom is -0.444 e. The number of carbonyl (C=O) groups excluding carboxylic acids is 2. The molecule has 1 aliphatic rings. The van der Waals surface area contributed by atoms with Crippen molar-refractivity contribution >= 4 is 12.0 Å². The summed E-state index contributed by atoms with van der Waals surface area (Å²) in [6.07, 6.45) is 2.86. The molecule has 1 saturated carbocycles. The summed E-state index contributed by atoms with van der Waals surface area (Å²) >= 11 is 0. The number of nitrogens with zero attached hydrogens (tertiary/aromatic N) is 2. The fourth-order valence-electron chi connectivity index (χ4n) is 2.54. The van der Waals surface area contributed by atoms with Crippen LogP contribution < -0.4 is 0 Å². The van der Waals surface area contributed by atoms with Crippen LogP contribution in [0.4, 0.5) is 4.79 Å². The van der Waals surface area contributed by atoms with Crippen molar-refractivity contribution in [1.82, 2.24) is 9.96 Å². The summed E-state index contributed by atoms with van der Waals surface area (Å²) in [4.78, 5) is 30.6. The van der Waals surface area contributed by atoms with E-state index in [0.717, 1.165) is 25.7 Å². The highest BCUT2D eigenvalue weighted by Crippen LogP contribution is 2.29. The monoisotopic (exact) mass is 300 g/mol. The molecule has 0 aromatic heterocycles. The normalized spacial score (nSPS) is 22.6. The average molecular weight is 300 g/mol. The van der Waals surface area contributed by atoms with Crippen LogP contribution in [0.25, 0.3) is 0 Å². The number of rotatable bonds is 3. The molecule has 0 atom stereocenters. The Kier molecular flexibility index (Phi) is 6.01. The smallest absolute Gasteiger partial charge is 0.410 e. The minimum absolute atomic E-state index is 0.0101. The highest BCUT2D eigenvalue weighted by Gasteiger charge is 2.32. The van der Waals surface area contributed by atoms with Gasteiger partial charge in [-0.05, 0) is 46.5 Å². The van der Waals surface area contributed by atoms with Crippen molar-refractivity contribution in [2.75, 3.05) is 21.2 Å². The molecule has 0 aliphatic heterocycles. The van der Waals surface area contributed by atoms with E-state index in [2.05, 4.69) is 0 Å². The molecule has 0 spiro atoms. The van der Waals surface area contributed by atoms with Gasteiger partial charge in [-0.1, -0.05) is 0 Å². The van der Waals surface area contributed by atoms with Crippen LogP contribution in [0.5, 0.6) is 0 Å². The van der Waals surface area contributed by atoms with Crippen molar-refractivity contribution in [2.24, 2.45) is 5.92 Å². The molecule has 1 rings (SSSR count). The Hall–Kier alpha value is -1.30. The predicted octanol–water partition coefficient (Wildman–Crippen LogP) is 2.43. The molecule has 0 radical (unpaired) electrons. The van der Waals surface area contributed by atoms with Crippen LogP contribution in [0.2, 0.25) is 0 Å². The van der Waals surface area contributed by atoms with E-state index >= 15 is 0 Å². The SMILES string of the molecule is CON(C)C(=O)C1CCC(N(C)C(=O)OC(C)(C)C)CC1. The summed E-state index contributed by atoms with van der Waals surface area (Å²) in [5.74, 6) is -0.00546. The van der Waals surface area contributed by atoms with Crippen LogP contribution >= 0.6 is 0 Å². The summed E-state index contributed by atoms with van der Waals surface area (Å²) in [6.45, 7) is 5.57. The third kappa shape index (κ3) is 5.19. The van der Waals surface area contributed by atoms with Gasteiger partial charge in [-0.15, -0.1) is 0 Å². The van der Waals surface area contributed by atoms with E-state index in [1.54, 1.807) is 19.0 Å². The molecule has 6 nitrogen and oxygen atoms in total. The highest BCUT2D eigenvalue weighted by molar-refractivity contribution is 5.77. The second-order valence-electron chi connectivity index (χ2n) is 6.61. The average Bonchev–Trinajstić information content (AvgIpc) is 2.43. The first-order chi connectivity index (χ1) is 9.65. The number of carbonyl (C=O) groups is 2. The molecule has 2 amide bonds. The zero-order valence-electron chi connectivity index (χ0n) is 14.0. The van der Waals surface area contributed by atoms with Gasteiger partial charge in [0, 0.05) is 26.1 Å². The number of ether oxygens (including phenoxy) is 1. The van der Waals surface area contributed by atoms with Crippen molar-refractivity contribution in [3.05, 3.63) is 0 Å². The minimum atomic E-state index is -0.486. The molecule has 0 aromatic rings. The van der Waals surface area contributed by atoms with Crippen LogP contribution in [0.15, 0.2) is 0 Å². The van der Waals surface area contributed by atoms with Gasteiger partial charge in [0.2, 0.25) is 5.91 Å². The lowest BCUT2D eigenvalue weighted by molar-refractivity contribution is -0.174. The van der Waals surface area contributed by atoms with Crippen molar-refractivity contribution in [3.63, 3.8) is 0 Å². The topological polar surface area (TPSA) is 59.1 Å². The maximum Gasteiger partial charge on any atom is 0.410 e. The molecule has 0 saturated heterocycles. The second kappa shape index (κ2) is 7.11. The fraction of sp³-hybridized carbons (Fsp3) is 0.867. The zero-order valence-corrected chi connectivity index (χ0v) is 14.0. The molecular weight excluding hydrogens is 272 g/mol. The third-order valence-electron chi connectivity index (χ3n) is 3.86. The second-order valence-corrected chi connectivity index (χ2v) is 6.61. The van der Waals surface area contributed by atoms with E-state index in [9.17, 15) is 9.59 Å². The van der Waals surface area contributed by atoms with Crippen LogP contribution in [-0.2, 0) is 14.4 Å². The Bertz CT molecular complexity index is 370. The maximum absolute atomic E-state index is 12.0. The van der Waals surface area contributed by atoms with E-state index in [-0.39, 0.29) is 24.0 Å². The lowest BCUT2D eigenvalue weighted by Crippen LogP contribution is -2.44. The van der Waals surface area contributed by atoms with E-state index in [4.69, 9.17) is 9.57 Å². The molecule has 0 unspecified atom stereocenters. The number of hydrogen-bond donors (Lipinski definition) is 0. The third-order valence-corrected chi connectivity index (χ3v) is 3.86. The molecule has 122 valence electrons. The van der Waals surface area contributed by atoms with Crippen LogP contribution in [0.3, 0.4) is 0 Å². The first-order valence-electron chi connectivity index (χ1n) is 7.43. The molecule has 0 N–H and O–H groups in total. The molecule has 1 aliphatic carbocycles. The largest absolute Gasteiger partial charge is 0.444 e. The van der Waals surface area contributed by atoms with Gasteiger partial charge in [-0.25, -0.2) is 9.86 Å². The predicted molar refractivity (Wildman–Crippen MR) is 79.5 cm³/mol. The Labute approximate surface area is 127 Å². The zero-order chi connectivity index (χ0) is 16.2. The van der Waals surface area contributed by atoms with Crippen LogP contribution in [-0.4, -0.2) is 54.8 Å². The van der Waals surface area contributed by atoms with Crippen molar-refractivity contribution in [1.29, 1.82) is 0 Å². The maximum atomic E-state index is 12.0. The van der Waals surface area contributed by atoms with Crippen molar-refractivity contribution in [3.8, 4) is 0 Å². The molecule has 0 heterocycles. The van der Waals surface area contributed by atoms with Crippen LogP contribution in [0.1, 0.15) is 46.5 Å². The Morgan fingerprint density at radius 1 is 1.05 bits per heavy atom. The van der Waals surface area contributed by atoms with E-state index in [1.807, 2.05) is 20.8 Å². The molecule has 6 heteroatoms. The lowest BCUT2D eigenvalue weighted by Gasteiger charge is -2.35. The van der Waals surface area contributed by atoms with Crippen molar-refractivity contribution in [2.45, 2.75) is 58.1 Å². The van der Waals surface area contributed by atoms with Gasteiger partial charge in [0.15, 0.2) is 0 Å². The van der Waals surface area contributed by atoms with Crippen LogP contribution in [0, 0.1) is 5.92 Å². The highest BCUT2D eigenvalue weighted by atomic mass is 16.7. The van der Waals surface area contributed by atoms with Gasteiger partial charge in [-0.2, -0.15) is 0 Å². The van der Waals surface area contributed by atoms with E-state index in [1.165, 1.54) is 12.2 Å². The molecule has 0 aromatic carbocycles. The quantitative estimate of drug-likeness (QED) is 0.751. The van der Waals surface area contributed by atoms with E-state index in [0.29, 0.717) is 0 Å². The fourth-order valence-corrected chi connectivity index (χ4v) is 2.54. The van der Waals surface area contributed by atoms with Gasteiger partial charge >= 0.3 is 6.09 Å². The summed E-state index contributed by atoms with van der Waals surface area (Å²) < 4.78 is 5.37. The Morgan fingerprint density at radius 2 is 1.57 bits per heavy atom. The first-order valence-corrected chi connectivity index (χ1v) is 7.43. The van der Waals surface area contributed by atoms with E-state index < -0.39 is 5.60 Å². The Balaban J connectivity index is 2.49. The van der Waals surface area contributed by atoms with Crippen molar-refractivity contribution < 1.29 is 19.2 Å². The summed E-state index contributed by atoms with van der Waals surface area (Å²) in [5.41, 5.74) is -0.486. The van der Waals surface area contributed by atoms with Gasteiger partial charge in [-0.3, -0.25) is 9.63 Å². The van der Waals surface area contributed by atoms with Gasteiger partial charge < -0.3 is 9.64 Å². The summed E-state index contributed by atoms with van der Waals surface area (Å²) in [6, 6.07) is 0.136. The van der Waals surface area contributed by atoms with Gasteiger partial charge in [0.25, 0.3) is 0 Å². The summed E-state index contributed by atoms with van der Waals surface area (Å²) in [7, 11) is 4.88. The Morgan fingerprint density at radius 3 is 2.00 bits per heavy atom. The summed E-state index contributed by atoms with van der Waals surface area (Å²) in [5, 5.41) is 1.28.